The van der Waals surface area contributed by atoms with E-state index in [1.807, 2.05) is 6.92 Å². The Morgan fingerprint density at radius 3 is 2.90 bits per heavy atom. The van der Waals surface area contributed by atoms with E-state index in [-0.39, 0.29) is 21.8 Å². The van der Waals surface area contributed by atoms with Crippen molar-refractivity contribution in [3.63, 3.8) is 0 Å². The molecule has 2 N–H and O–H groups in total. The molecule has 0 aliphatic heterocycles. The van der Waals surface area contributed by atoms with Crippen LogP contribution in [0.4, 0.5) is 11.6 Å². The molecule has 106 valence electrons. The average Bonchev–Trinajstić information content (AvgIpc) is 2.71. The fourth-order valence-corrected chi connectivity index (χ4v) is 2.16. The van der Waals surface area contributed by atoms with E-state index in [1.54, 1.807) is 0 Å². The number of rotatable bonds is 5. The summed E-state index contributed by atoms with van der Waals surface area (Å²) in [5, 5.41) is 20.2. The molecule has 0 saturated heterocycles. The van der Waals surface area contributed by atoms with Gasteiger partial charge in [0.05, 0.1) is 4.92 Å². The van der Waals surface area contributed by atoms with Crippen molar-refractivity contribution < 1.29 is 4.92 Å². The second-order valence-corrected chi connectivity index (χ2v) is 4.60. The average molecular weight is 297 g/mol. The molecule has 0 spiro atoms. The number of nitrogens with one attached hydrogen (secondary N) is 2. The zero-order valence-electron chi connectivity index (χ0n) is 10.7. The quantitative estimate of drug-likeness (QED) is 0.460. The van der Waals surface area contributed by atoms with Gasteiger partial charge in [0.25, 0.3) is 0 Å². The molecule has 0 bridgehead atoms. The lowest BCUT2D eigenvalue weighted by Gasteiger charge is -2.04. The molecule has 0 unspecified atom stereocenters. The number of H-pyrrole nitrogens is 1. The summed E-state index contributed by atoms with van der Waals surface area (Å²) >= 11 is 0.918. The highest BCUT2D eigenvalue weighted by atomic mass is 32.2. The van der Waals surface area contributed by atoms with Crippen molar-refractivity contribution in [2.24, 2.45) is 7.05 Å². The van der Waals surface area contributed by atoms with Gasteiger partial charge in [-0.05, 0) is 18.7 Å². The maximum atomic E-state index is 11.3. The van der Waals surface area contributed by atoms with E-state index in [0.29, 0.717) is 6.54 Å². The van der Waals surface area contributed by atoms with Crippen molar-refractivity contribution in [3.05, 3.63) is 26.8 Å². The van der Waals surface area contributed by atoms with Gasteiger partial charge < -0.3 is 5.32 Å². The molecule has 2 aromatic rings. The lowest BCUT2D eigenvalue weighted by molar-refractivity contribution is -0.388. The number of nitro groups is 1. The summed E-state index contributed by atoms with van der Waals surface area (Å²) in [5.74, 6) is 0.279. The first-order valence-corrected chi connectivity index (χ1v) is 6.39. The van der Waals surface area contributed by atoms with Gasteiger partial charge in [0.15, 0.2) is 10.2 Å². The maximum absolute atomic E-state index is 11.3. The van der Waals surface area contributed by atoms with Crippen molar-refractivity contribution >= 4 is 23.4 Å². The van der Waals surface area contributed by atoms with Gasteiger partial charge in [0.2, 0.25) is 5.95 Å². The van der Waals surface area contributed by atoms with E-state index in [1.165, 1.54) is 11.6 Å². The van der Waals surface area contributed by atoms with Gasteiger partial charge in [-0.3, -0.25) is 14.7 Å². The highest BCUT2D eigenvalue weighted by Gasteiger charge is 2.20. The first-order chi connectivity index (χ1) is 9.52. The fourth-order valence-electron chi connectivity index (χ4n) is 1.31. The van der Waals surface area contributed by atoms with Gasteiger partial charge in [-0.15, -0.1) is 5.10 Å². The van der Waals surface area contributed by atoms with Crippen molar-refractivity contribution in [2.45, 2.75) is 17.1 Å². The highest BCUT2D eigenvalue weighted by Crippen LogP contribution is 2.31. The lowest BCUT2D eigenvalue weighted by atomic mass is 10.5. The molecule has 0 atom stereocenters. The molecule has 2 rings (SSSR count). The molecule has 0 fully saturated rings. The largest absolute Gasteiger partial charge is 0.354 e. The van der Waals surface area contributed by atoms with Crippen LogP contribution in [-0.4, -0.2) is 36.2 Å². The third kappa shape index (κ3) is 2.77. The highest BCUT2D eigenvalue weighted by molar-refractivity contribution is 7.99. The van der Waals surface area contributed by atoms with Crippen molar-refractivity contribution in [1.29, 1.82) is 0 Å². The summed E-state index contributed by atoms with van der Waals surface area (Å²) in [7, 11) is 1.51. The van der Waals surface area contributed by atoms with Crippen LogP contribution in [-0.2, 0) is 7.05 Å². The predicted octanol–water partition coefficient (Wildman–Crippen LogP) is 0.390. The first-order valence-electron chi connectivity index (χ1n) is 5.57. The Balaban J connectivity index is 2.42. The van der Waals surface area contributed by atoms with Crippen molar-refractivity contribution in [1.82, 2.24) is 24.7 Å². The topological polar surface area (TPSA) is 132 Å². The number of hydrogen-bond donors (Lipinski definition) is 2. The van der Waals surface area contributed by atoms with Gasteiger partial charge in [-0.25, -0.2) is 14.9 Å². The number of nitrogens with zero attached hydrogens (tertiary/aromatic N) is 5. The molecular formula is C9H11N7O3S. The summed E-state index contributed by atoms with van der Waals surface area (Å²) in [4.78, 5) is 29.6. The molecule has 0 aliphatic carbocycles. The van der Waals surface area contributed by atoms with Crippen LogP contribution in [0.15, 0.2) is 21.2 Å². The minimum Gasteiger partial charge on any atom is -0.354 e. The van der Waals surface area contributed by atoms with Gasteiger partial charge >= 0.3 is 11.4 Å². The van der Waals surface area contributed by atoms with Crippen LogP contribution in [0.2, 0.25) is 0 Å². The van der Waals surface area contributed by atoms with E-state index in [2.05, 4.69) is 25.5 Å². The molecule has 11 heteroatoms. The van der Waals surface area contributed by atoms with Crippen LogP contribution in [0.25, 0.3) is 0 Å². The van der Waals surface area contributed by atoms with Crippen molar-refractivity contribution in [2.75, 3.05) is 11.9 Å². The third-order valence-corrected chi connectivity index (χ3v) is 3.34. The minimum atomic E-state index is -0.581. The Morgan fingerprint density at radius 1 is 1.60 bits per heavy atom. The van der Waals surface area contributed by atoms with Gasteiger partial charge in [0, 0.05) is 13.6 Å². The van der Waals surface area contributed by atoms with Gasteiger partial charge in [0.1, 0.15) is 6.20 Å². The summed E-state index contributed by atoms with van der Waals surface area (Å²) in [6, 6.07) is 0. The molecule has 20 heavy (non-hydrogen) atoms. The van der Waals surface area contributed by atoms with Crippen LogP contribution in [0, 0.1) is 10.1 Å². The van der Waals surface area contributed by atoms with Gasteiger partial charge in [-0.1, -0.05) is 0 Å². The van der Waals surface area contributed by atoms with Crippen LogP contribution in [0.3, 0.4) is 0 Å². The number of anilines is 1. The minimum absolute atomic E-state index is 0.114. The normalized spacial score (nSPS) is 10.5. The monoisotopic (exact) mass is 297 g/mol. The summed E-state index contributed by atoms with van der Waals surface area (Å²) in [5.41, 5.74) is -0.650. The molecule has 0 saturated carbocycles. The zero-order valence-corrected chi connectivity index (χ0v) is 11.5. The second kappa shape index (κ2) is 5.69. The predicted molar refractivity (Wildman–Crippen MR) is 70.8 cm³/mol. The van der Waals surface area contributed by atoms with E-state index >= 15 is 0 Å². The Bertz CT molecular complexity index is 695. The zero-order chi connectivity index (χ0) is 14.7. The second-order valence-electron chi connectivity index (χ2n) is 3.64. The Labute approximate surface area is 116 Å². The Morgan fingerprint density at radius 2 is 2.35 bits per heavy atom. The maximum Gasteiger partial charge on any atom is 0.343 e. The standard InChI is InChI=1S/C9H11N7O3S/c1-3-10-7-11-4-5(16(18)19)6(12-7)20-9-14-13-8(17)15(9)2/h4H,3H2,1-2H3,(H,13,17)(H,10,11,12). The molecule has 0 aromatic carbocycles. The molecule has 0 radical (unpaired) electrons. The summed E-state index contributed by atoms with van der Waals surface area (Å²) < 4.78 is 1.24. The number of hydrogen-bond acceptors (Lipinski definition) is 8. The van der Waals surface area contributed by atoms with E-state index in [4.69, 9.17) is 0 Å². The first kappa shape index (κ1) is 14.0. The summed E-state index contributed by atoms with van der Waals surface area (Å²) in [6.07, 6.45) is 1.12. The molecule has 10 nitrogen and oxygen atoms in total. The van der Waals surface area contributed by atoms with Crippen LogP contribution in [0.5, 0.6) is 0 Å². The summed E-state index contributed by atoms with van der Waals surface area (Å²) in [6.45, 7) is 2.44. The fraction of sp³-hybridized carbons (Fsp3) is 0.333. The van der Waals surface area contributed by atoms with Crippen molar-refractivity contribution in [3.8, 4) is 0 Å². The molecular weight excluding hydrogens is 286 g/mol. The van der Waals surface area contributed by atoms with Crippen LogP contribution >= 0.6 is 11.8 Å². The number of aromatic nitrogens is 5. The van der Waals surface area contributed by atoms with E-state index in [9.17, 15) is 14.9 Å². The van der Waals surface area contributed by atoms with Crippen LogP contribution in [0.1, 0.15) is 6.92 Å². The molecule has 2 aromatic heterocycles. The Hall–Kier alpha value is -2.43. The van der Waals surface area contributed by atoms with Gasteiger partial charge in [-0.2, -0.15) is 4.98 Å². The smallest absolute Gasteiger partial charge is 0.343 e. The lowest BCUT2D eigenvalue weighted by Crippen LogP contribution is -2.13. The third-order valence-electron chi connectivity index (χ3n) is 2.29. The van der Waals surface area contributed by atoms with E-state index in [0.717, 1.165) is 18.0 Å². The Kier molecular flexibility index (Phi) is 3.98. The SMILES string of the molecule is CCNc1ncc([N+](=O)[O-])c(Sc2n[nH]c(=O)n2C)n1. The molecule has 0 amide bonds. The van der Waals surface area contributed by atoms with E-state index < -0.39 is 10.6 Å². The van der Waals surface area contributed by atoms with Crippen LogP contribution < -0.4 is 11.0 Å². The molecule has 0 aliphatic rings. The molecule has 2 heterocycles. The number of aromatic amines is 1.